The Balaban J connectivity index is 1.48. The van der Waals surface area contributed by atoms with Crippen LogP contribution in [0.3, 0.4) is 0 Å². The van der Waals surface area contributed by atoms with Gasteiger partial charge in [-0.1, -0.05) is 6.07 Å². The number of fused-ring (bicyclic) bond motifs is 1. The van der Waals surface area contributed by atoms with E-state index in [9.17, 15) is 13.6 Å². The average molecular weight is 427 g/mol. The van der Waals surface area contributed by atoms with Gasteiger partial charge in [-0.2, -0.15) is 0 Å². The Morgan fingerprint density at radius 2 is 2.03 bits per heavy atom. The summed E-state index contributed by atoms with van der Waals surface area (Å²) in [5.74, 6) is -1.88. The minimum Gasteiger partial charge on any atom is -0.451 e. The number of ether oxygens (including phenoxy) is 2. The molecule has 0 bridgehead atoms. The lowest BCUT2D eigenvalue weighted by molar-refractivity contribution is -0.0196. The van der Waals surface area contributed by atoms with Crippen LogP contribution in [0.4, 0.5) is 8.78 Å². The Kier molecular flexibility index (Phi) is 4.98. The molecule has 2 aromatic carbocycles. The Morgan fingerprint density at radius 3 is 2.84 bits per heavy atom. The van der Waals surface area contributed by atoms with Crippen molar-refractivity contribution in [2.45, 2.75) is 37.8 Å². The van der Waals surface area contributed by atoms with Crippen LogP contribution in [0.2, 0.25) is 0 Å². The molecule has 1 atom stereocenters. The lowest BCUT2D eigenvalue weighted by atomic mass is 9.88. The smallest absolute Gasteiger partial charge is 0.261 e. The van der Waals surface area contributed by atoms with E-state index in [-0.39, 0.29) is 28.5 Å². The number of rotatable bonds is 3. The first kappa shape index (κ1) is 20.1. The highest BCUT2D eigenvalue weighted by molar-refractivity contribution is 5.79. The lowest BCUT2D eigenvalue weighted by Gasteiger charge is -2.32. The molecule has 3 aromatic rings. The van der Waals surface area contributed by atoms with Crippen molar-refractivity contribution in [1.29, 1.82) is 0 Å². The first-order valence-electron chi connectivity index (χ1n) is 10.4. The second-order valence-corrected chi connectivity index (χ2v) is 8.35. The molecule has 1 N–H and O–H groups in total. The number of halogens is 2. The summed E-state index contributed by atoms with van der Waals surface area (Å²) in [7, 11) is 0. The standard InChI is InChI=1S/C23H23F2N3O3/c1-14-2-4-18(24)21(20(14)25)31-16-3-5-19-17(10-16)22(29)28(13-27-19)15-11-23(30-12-15)6-8-26-9-7-23/h2-5,10,13,15,26H,6-9,11-12H2,1H3/t15-/m1/s1. The maximum absolute atomic E-state index is 14.3. The van der Waals surface area contributed by atoms with E-state index in [1.54, 1.807) is 23.0 Å². The topological polar surface area (TPSA) is 65.4 Å². The zero-order valence-corrected chi connectivity index (χ0v) is 17.2. The monoisotopic (exact) mass is 427 g/mol. The molecular formula is C23H23F2N3O3. The molecule has 0 radical (unpaired) electrons. The Labute approximate surface area is 177 Å². The highest BCUT2D eigenvalue weighted by Crippen LogP contribution is 2.39. The quantitative estimate of drug-likeness (QED) is 0.688. The molecule has 1 aromatic heterocycles. The maximum atomic E-state index is 14.3. The van der Waals surface area contributed by atoms with Gasteiger partial charge in [0.15, 0.2) is 17.4 Å². The third-order valence-corrected chi connectivity index (χ3v) is 6.31. The van der Waals surface area contributed by atoms with Crippen molar-refractivity contribution in [2.24, 2.45) is 0 Å². The largest absolute Gasteiger partial charge is 0.451 e. The first-order chi connectivity index (χ1) is 15.0. The van der Waals surface area contributed by atoms with Crippen LogP contribution in [0.25, 0.3) is 10.9 Å². The van der Waals surface area contributed by atoms with Crippen molar-refractivity contribution < 1.29 is 18.3 Å². The number of hydrogen-bond acceptors (Lipinski definition) is 5. The lowest BCUT2D eigenvalue weighted by Crippen LogP contribution is -2.41. The summed E-state index contributed by atoms with van der Waals surface area (Å²) in [4.78, 5) is 17.6. The Morgan fingerprint density at radius 1 is 1.23 bits per heavy atom. The molecule has 0 aliphatic carbocycles. The van der Waals surface area contributed by atoms with Crippen LogP contribution in [0.1, 0.15) is 30.9 Å². The van der Waals surface area contributed by atoms with Gasteiger partial charge in [0.25, 0.3) is 5.56 Å². The molecule has 0 saturated carbocycles. The van der Waals surface area contributed by atoms with E-state index in [0.29, 0.717) is 17.5 Å². The second kappa shape index (κ2) is 7.69. The molecular weight excluding hydrogens is 404 g/mol. The molecule has 5 rings (SSSR count). The summed E-state index contributed by atoms with van der Waals surface area (Å²) in [5.41, 5.74) is 0.360. The van der Waals surface area contributed by atoms with Crippen molar-refractivity contribution in [3.05, 3.63) is 64.2 Å². The third-order valence-electron chi connectivity index (χ3n) is 6.31. The maximum Gasteiger partial charge on any atom is 0.261 e. The van der Waals surface area contributed by atoms with Crippen molar-refractivity contribution in [2.75, 3.05) is 19.7 Å². The van der Waals surface area contributed by atoms with Gasteiger partial charge in [-0.25, -0.2) is 13.8 Å². The normalized spacial score (nSPS) is 20.4. The summed E-state index contributed by atoms with van der Waals surface area (Å²) in [5, 5.41) is 3.67. The fourth-order valence-corrected chi connectivity index (χ4v) is 4.51. The first-order valence-corrected chi connectivity index (χ1v) is 10.4. The van der Waals surface area contributed by atoms with Gasteiger partial charge in [0.05, 0.1) is 35.5 Å². The third kappa shape index (κ3) is 3.59. The highest BCUT2D eigenvalue weighted by atomic mass is 19.1. The van der Waals surface area contributed by atoms with Gasteiger partial charge < -0.3 is 14.8 Å². The molecule has 2 aliphatic heterocycles. The van der Waals surface area contributed by atoms with E-state index in [1.807, 2.05) is 0 Å². The summed E-state index contributed by atoms with van der Waals surface area (Å²) in [6.07, 6.45) is 4.16. The van der Waals surface area contributed by atoms with Gasteiger partial charge in [-0.05, 0) is 69.1 Å². The number of hydrogen-bond donors (Lipinski definition) is 1. The van der Waals surface area contributed by atoms with Gasteiger partial charge in [0, 0.05) is 0 Å². The van der Waals surface area contributed by atoms with Crippen LogP contribution in [0.15, 0.2) is 41.5 Å². The molecule has 2 fully saturated rings. The van der Waals surface area contributed by atoms with Gasteiger partial charge in [0.2, 0.25) is 0 Å². The molecule has 6 nitrogen and oxygen atoms in total. The minimum atomic E-state index is -0.804. The predicted molar refractivity (Wildman–Crippen MR) is 112 cm³/mol. The number of piperidine rings is 1. The van der Waals surface area contributed by atoms with Crippen molar-refractivity contribution >= 4 is 10.9 Å². The number of aryl methyl sites for hydroxylation is 1. The van der Waals surface area contributed by atoms with Gasteiger partial charge >= 0.3 is 0 Å². The average Bonchev–Trinajstić information content (AvgIpc) is 3.18. The van der Waals surface area contributed by atoms with Crippen LogP contribution in [0, 0.1) is 18.6 Å². The molecule has 162 valence electrons. The minimum absolute atomic E-state index is 0.0984. The van der Waals surface area contributed by atoms with Crippen LogP contribution in [-0.4, -0.2) is 34.8 Å². The highest BCUT2D eigenvalue weighted by Gasteiger charge is 2.42. The fraction of sp³-hybridized carbons (Fsp3) is 0.391. The zero-order chi connectivity index (χ0) is 21.6. The van der Waals surface area contributed by atoms with Crippen molar-refractivity contribution in [1.82, 2.24) is 14.9 Å². The van der Waals surface area contributed by atoms with Gasteiger partial charge in [-0.15, -0.1) is 0 Å². The summed E-state index contributed by atoms with van der Waals surface area (Å²) in [6.45, 7) is 3.81. The molecule has 1 spiro atoms. The van der Waals surface area contributed by atoms with Crippen LogP contribution in [0.5, 0.6) is 11.5 Å². The summed E-state index contributed by atoms with van der Waals surface area (Å²) in [6, 6.07) is 7.04. The van der Waals surface area contributed by atoms with E-state index >= 15 is 0 Å². The van der Waals surface area contributed by atoms with Gasteiger partial charge in [-0.3, -0.25) is 9.36 Å². The summed E-state index contributed by atoms with van der Waals surface area (Å²) >= 11 is 0. The summed E-state index contributed by atoms with van der Waals surface area (Å²) < 4.78 is 41.6. The SMILES string of the molecule is Cc1ccc(F)c(Oc2ccc3ncn([C@H]4COC5(CCNCC5)C4)c(=O)c3c2)c1F. The van der Waals surface area contributed by atoms with Crippen molar-refractivity contribution in [3.8, 4) is 11.5 Å². The van der Waals surface area contributed by atoms with Gasteiger partial charge in [0.1, 0.15) is 5.75 Å². The number of nitrogens with zero attached hydrogens (tertiary/aromatic N) is 2. The van der Waals surface area contributed by atoms with E-state index in [0.717, 1.165) is 38.4 Å². The second-order valence-electron chi connectivity index (χ2n) is 8.35. The predicted octanol–water partition coefficient (Wildman–Crippen LogP) is 3.86. The van der Waals surface area contributed by atoms with E-state index in [2.05, 4.69) is 10.3 Å². The molecule has 2 aliphatic rings. The number of aromatic nitrogens is 2. The molecule has 31 heavy (non-hydrogen) atoms. The van der Waals surface area contributed by atoms with E-state index < -0.39 is 17.4 Å². The Hall–Kier alpha value is -2.84. The van der Waals surface area contributed by atoms with Crippen LogP contribution >= 0.6 is 0 Å². The molecule has 3 heterocycles. The Bertz CT molecular complexity index is 1200. The molecule has 0 amide bonds. The number of benzene rings is 2. The van der Waals surface area contributed by atoms with Crippen molar-refractivity contribution in [3.63, 3.8) is 0 Å². The fourth-order valence-electron chi connectivity index (χ4n) is 4.51. The number of nitrogens with one attached hydrogen (secondary N) is 1. The molecule has 2 saturated heterocycles. The molecule has 8 heteroatoms. The van der Waals surface area contributed by atoms with Crippen LogP contribution in [-0.2, 0) is 4.74 Å². The molecule has 0 unspecified atom stereocenters. The zero-order valence-electron chi connectivity index (χ0n) is 17.2. The van der Waals surface area contributed by atoms with E-state index in [1.165, 1.54) is 19.1 Å². The van der Waals surface area contributed by atoms with Crippen LogP contribution < -0.4 is 15.6 Å². The van der Waals surface area contributed by atoms with E-state index in [4.69, 9.17) is 9.47 Å².